The Kier molecular flexibility index (Phi) is 5.34. The highest BCUT2D eigenvalue weighted by Crippen LogP contribution is 2.25. The highest BCUT2D eigenvalue weighted by molar-refractivity contribution is 5.36. The molecule has 3 N–H and O–H groups in total. The van der Waals surface area contributed by atoms with Gasteiger partial charge in [-0.3, -0.25) is 4.90 Å². The average Bonchev–Trinajstić information content (AvgIpc) is 2.86. The third-order valence-corrected chi connectivity index (χ3v) is 3.77. The quantitative estimate of drug-likeness (QED) is 0.671. The summed E-state index contributed by atoms with van der Waals surface area (Å²) in [5, 5.41) is 28.2. The summed E-state index contributed by atoms with van der Waals surface area (Å²) in [4.78, 5) is 1.87. The van der Waals surface area contributed by atoms with Crippen molar-refractivity contribution in [3.8, 4) is 0 Å². The largest absolute Gasteiger partial charge is 0.395 e. The second-order valence-electron chi connectivity index (χ2n) is 5.15. The minimum atomic E-state index is -0.566. The van der Waals surface area contributed by atoms with E-state index in [1.54, 1.807) is 0 Å². The standard InChI is InChI=1S/C15H23NO3/c17-8-6-16(7-9-18)11-15(19)14-5-4-12-2-1-3-13(12)10-14/h4-5,10,15,17-19H,1-3,6-9,11H2. The number of benzene rings is 1. The van der Waals surface area contributed by atoms with Crippen LogP contribution < -0.4 is 0 Å². The van der Waals surface area contributed by atoms with E-state index in [2.05, 4.69) is 12.1 Å². The summed E-state index contributed by atoms with van der Waals surface area (Å²) in [6, 6.07) is 6.21. The van der Waals surface area contributed by atoms with Crippen molar-refractivity contribution in [3.05, 3.63) is 34.9 Å². The average molecular weight is 265 g/mol. The highest BCUT2D eigenvalue weighted by atomic mass is 16.3. The van der Waals surface area contributed by atoms with Crippen molar-refractivity contribution < 1.29 is 15.3 Å². The summed E-state index contributed by atoms with van der Waals surface area (Å²) in [7, 11) is 0. The third-order valence-electron chi connectivity index (χ3n) is 3.77. The lowest BCUT2D eigenvalue weighted by Gasteiger charge is -2.23. The number of aliphatic hydroxyl groups is 3. The number of nitrogens with zero attached hydrogens (tertiary/aromatic N) is 1. The van der Waals surface area contributed by atoms with Crippen molar-refractivity contribution in [2.75, 3.05) is 32.8 Å². The lowest BCUT2D eigenvalue weighted by atomic mass is 10.0. The molecular weight excluding hydrogens is 242 g/mol. The summed E-state index contributed by atoms with van der Waals surface area (Å²) in [6.07, 6.45) is 2.89. The molecular formula is C15H23NO3. The molecule has 0 amide bonds. The first-order valence-corrected chi connectivity index (χ1v) is 6.98. The van der Waals surface area contributed by atoms with Gasteiger partial charge in [0.15, 0.2) is 0 Å². The molecule has 1 aromatic carbocycles. The topological polar surface area (TPSA) is 63.9 Å². The van der Waals surface area contributed by atoms with Gasteiger partial charge in [0, 0.05) is 19.6 Å². The van der Waals surface area contributed by atoms with Gasteiger partial charge >= 0.3 is 0 Å². The van der Waals surface area contributed by atoms with Crippen LogP contribution in [0.5, 0.6) is 0 Å². The van der Waals surface area contributed by atoms with Gasteiger partial charge in [-0.1, -0.05) is 18.2 Å². The molecule has 0 spiro atoms. The van der Waals surface area contributed by atoms with Gasteiger partial charge in [-0.25, -0.2) is 0 Å². The molecule has 0 radical (unpaired) electrons. The molecule has 0 saturated heterocycles. The molecule has 0 bridgehead atoms. The van der Waals surface area contributed by atoms with E-state index in [9.17, 15) is 5.11 Å². The molecule has 1 unspecified atom stereocenters. The van der Waals surface area contributed by atoms with E-state index in [1.807, 2.05) is 11.0 Å². The van der Waals surface area contributed by atoms with Crippen LogP contribution in [0, 0.1) is 0 Å². The molecule has 19 heavy (non-hydrogen) atoms. The lowest BCUT2D eigenvalue weighted by Crippen LogP contribution is -2.33. The van der Waals surface area contributed by atoms with Gasteiger partial charge in [0.2, 0.25) is 0 Å². The molecule has 1 aromatic rings. The molecule has 4 heteroatoms. The van der Waals surface area contributed by atoms with Gasteiger partial charge < -0.3 is 15.3 Å². The van der Waals surface area contributed by atoms with Crippen LogP contribution in [0.4, 0.5) is 0 Å². The smallest absolute Gasteiger partial charge is 0.0917 e. The fourth-order valence-corrected chi connectivity index (χ4v) is 2.73. The number of rotatable bonds is 7. The molecule has 0 aromatic heterocycles. The number of hydrogen-bond acceptors (Lipinski definition) is 4. The van der Waals surface area contributed by atoms with E-state index in [1.165, 1.54) is 17.5 Å². The summed E-state index contributed by atoms with van der Waals surface area (Å²) in [6.45, 7) is 1.47. The Labute approximate surface area is 114 Å². The molecule has 1 atom stereocenters. The fraction of sp³-hybridized carbons (Fsp3) is 0.600. The van der Waals surface area contributed by atoms with Crippen LogP contribution in [0.3, 0.4) is 0 Å². The summed E-state index contributed by atoms with van der Waals surface area (Å²) in [5.41, 5.74) is 3.69. The Balaban J connectivity index is 2.00. The Bertz CT molecular complexity index is 402. The van der Waals surface area contributed by atoms with E-state index in [0.29, 0.717) is 19.6 Å². The van der Waals surface area contributed by atoms with Gasteiger partial charge in [0.1, 0.15) is 0 Å². The van der Waals surface area contributed by atoms with E-state index < -0.39 is 6.10 Å². The molecule has 4 nitrogen and oxygen atoms in total. The summed E-state index contributed by atoms with van der Waals surface area (Å²) < 4.78 is 0. The van der Waals surface area contributed by atoms with Crippen molar-refractivity contribution in [1.29, 1.82) is 0 Å². The SMILES string of the molecule is OCCN(CCO)CC(O)c1ccc2c(c1)CCC2. The van der Waals surface area contributed by atoms with E-state index >= 15 is 0 Å². The molecule has 0 aliphatic heterocycles. The van der Waals surface area contributed by atoms with Crippen molar-refractivity contribution in [1.82, 2.24) is 4.90 Å². The van der Waals surface area contributed by atoms with Gasteiger partial charge in [0.05, 0.1) is 19.3 Å². The van der Waals surface area contributed by atoms with Crippen molar-refractivity contribution in [2.24, 2.45) is 0 Å². The Morgan fingerprint density at radius 3 is 2.42 bits per heavy atom. The maximum atomic E-state index is 10.3. The maximum Gasteiger partial charge on any atom is 0.0917 e. The third kappa shape index (κ3) is 3.76. The molecule has 2 rings (SSSR count). The second-order valence-corrected chi connectivity index (χ2v) is 5.15. The zero-order valence-electron chi connectivity index (χ0n) is 11.3. The van der Waals surface area contributed by atoms with Crippen molar-refractivity contribution in [2.45, 2.75) is 25.4 Å². The van der Waals surface area contributed by atoms with Gasteiger partial charge in [-0.15, -0.1) is 0 Å². The Morgan fingerprint density at radius 2 is 1.74 bits per heavy atom. The molecule has 1 aliphatic carbocycles. The lowest BCUT2D eigenvalue weighted by molar-refractivity contribution is 0.0874. The van der Waals surface area contributed by atoms with Crippen LogP contribution in [0.1, 0.15) is 29.2 Å². The first-order valence-electron chi connectivity index (χ1n) is 6.98. The van der Waals surface area contributed by atoms with Crippen LogP contribution in [0.2, 0.25) is 0 Å². The van der Waals surface area contributed by atoms with E-state index in [-0.39, 0.29) is 13.2 Å². The molecule has 0 fully saturated rings. The number of hydrogen-bond donors (Lipinski definition) is 3. The van der Waals surface area contributed by atoms with Crippen molar-refractivity contribution >= 4 is 0 Å². The number of fused-ring (bicyclic) bond motifs is 1. The summed E-state index contributed by atoms with van der Waals surface area (Å²) in [5.74, 6) is 0. The first kappa shape index (κ1) is 14.5. The zero-order valence-corrected chi connectivity index (χ0v) is 11.3. The van der Waals surface area contributed by atoms with Crippen LogP contribution in [0.25, 0.3) is 0 Å². The normalized spacial score (nSPS) is 15.8. The predicted octanol–water partition coefficient (Wildman–Crippen LogP) is 0.495. The highest BCUT2D eigenvalue weighted by Gasteiger charge is 2.16. The van der Waals surface area contributed by atoms with Crippen LogP contribution in [0.15, 0.2) is 18.2 Å². The van der Waals surface area contributed by atoms with Gasteiger partial charge in [-0.05, 0) is 36.0 Å². The Morgan fingerprint density at radius 1 is 1.05 bits per heavy atom. The van der Waals surface area contributed by atoms with E-state index in [0.717, 1.165) is 18.4 Å². The van der Waals surface area contributed by atoms with Gasteiger partial charge in [0.25, 0.3) is 0 Å². The number of aliphatic hydroxyl groups excluding tert-OH is 3. The summed E-state index contributed by atoms with van der Waals surface area (Å²) >= 11 is 0. The number of aryl methyl sites for hydroxylation is 2. The molecule has 1 aliphatic rings. The van der Waals surface area contributed by atoms with Crippen LogP contribution in [-0.4, -0.2) is 53.1 Å². The molecule has 0 heterocycles. The van der Waals surface area contributed by atoms with Crippen LogP contribution in [-0.2, 0) is 12.8 Å². The first-order chi connectivity index (χ1) is 9.24. The maximum absolute atomic E-state index is 10.3. The van der Waals surface area contributed by atoms with E-state index in [4.69, 9.17) is 10.2 Å². The fourth-order valence-electron chi connectivity index (χ4n) is 2.73. The monoisotopic (exact) mass is 265 g/mol. The zero-order chi connectivity index (χ0) is 13.7. The van der Waals surface area contributed by atoms with Crippen LogP contribution >= 0.6 is 0 Å². The Hall–Kier alpha value is -0.940. The minimum Gasteiger partial charge on any atom is -0.395 e. The van der Waals surface area contributed by atoms with Gasteiger partial charge in [-0.2, -0.15) is 0 Å². The second kappa shape index (κ2) is 7.01. The van der Waals surface area contributed by atoms with Crippen molar-refractivity contribution in [3.63, 3.8) is 0 Å². The predicted molar refractivity (Wildman–Crippen MR) is 74.0 cm³/mol. The molecule has 0 saturated carbocycles. The minimum absolute atomic E-state index is 0.0386. The molecule has 106 valence electrons.